The Hall–Kier alpha value is -1.39. The molecule has 234 valence electrons. The summed E-state index contributed by atoms with van der Waals surface area (Å²) in [6.07, 6.45) is 40.8. The second kappa shape index (κ2) is 32.1. The van der Waals surface area contributed by atoms with Crippen LogP contribution < -0.4 is 5.32 Å². The highest BCUT2D eigenvalue weighted by Crippen LogP contribution is 2.12. The molecule has 0 aliphatic carbocycles. The lowest BCUT2D eigenvalue weighted by Gasteiger charge is -2.20. The summed E-state index contributed by atoms with van der Waals surface area (Å²) < 4.78 is 0. The average Bonchev–Trinajstić information content (AvgIpc) is 2.96. The summed E-state index contributed by atoms with van der Waals surface area (Å²) in [5.74, 6) is -0.0762. The van der Waals surface area contributed by atoms with E-state index in [0.717, 1.165) is 32.1 Å². The van der Waals surface area contributed by atoms with Gasteiger partial charge in [0.05, 0.1) is 18.8 Å². The third-order valence-corrected chi connectivity index (χ3v) is 7.62. The number of aliphatic hydroxyl groups is 2. The van der Waals surface area contributed by atoms with Gasteiger partial charge >= 0.3 is 0 Å². The lowest BCUT2D eigenvalue weighted by atomic mass is 10.1. The van der Waals surface area contributed by atoms with Crippen molar-refractivity contribution in [3.05, 3.63) is 36.5 Å². The molecular weight excluding hydrogens is 494 g/mol. The quantitative estimate of drug-likeness (QED) is 0.0603. The van der Waals surface area contributed by atoms with Crippen LogP contribution in [0.1, 0.15) is 168 Å². The summed E-state index contributed by atoms with van der Waals surface area (Å²) in [6.45, 7) is 4.25. The summed E-state index contributed by atoms with van der Waals surface area (Å²) >= 11 is 0. The van der Waals surface area contributed by atoms with Gasteiger partial charge in [0.25, 0.3) is 0 Å². The minimum Gasteiger partial charge on any atom is -0.394 e. The molecule has 0 spiro atoms. The molecule has 0 saturated carbocycles. The van der Waals surface area contributed by atoms with Crippen molar-refractivity contribution in [2.45, 2.75) is 180 Å². The summed E-state index contributed by atoms with van der Waals surface area (Å²) in [4.78, 5) is 12.3. The molecule has 2 atom stereocenters. The van der Waals surface area contributed by atoms with Crippen LogP contribution in [0.15, 0.2) is 36.5 Å². The van der Waals surface area contributed by atoms with Crippen LogP contribution in [0.3, 0.4) is 0 Å². The lowest BCUT2D eigenvalue weighted by Crippen LogP contribution is -2.45. The summed E-state index contributed by atoms with van der Waals surface area (Å²) in [5, 5.41) is 22.8. The minimum atomic E-state index is -0.838. The standard InChI is InChI=1S/C36H67NO3/c1-3-5-7-9-11-13-15-16-17-18-19-20-21-22-24-26-28-30-32-36(40)37-34(33-38)35(39)31-29-27-25-23-14-12-10-8-6-4-2/h13,15,17-18,29,31,34-35,38-39H,3-12,14,16,19-28,30,32-33H2,1-2H3,(H,37,40)/b15-13-,18-17-,31-29+. The SMILES string of the molecule is CCCCCC/C=C\C/C=C\CCCCCCCCCC(=O)NC(CO)C(O)/C=C/CCCCCCCCCC. The van der Waals surface area contributed by atoms with E-state index in [-0.39, 0.29) is 12.5 Å². The molecule has 0 rings (SSSR count). The highest BCUT2D eigenvalue weighted by molar-refractivity contribution is 5.76. The first-order valence-electron chi connectivity index (χ1n) is 17.2. The van der Waals surface area contributed by atoms with E-state index < -0.39 is 12.1 Å². The molecule has 3 N–H and O–H groups in total. The number of nitrogens with one attached hydrogen (secondary N) is 1. The fourth-order valence-corrected chi connectivity index (χ4v) is 4.91. The zero-order valence-electron chi connectivity index (χ0n) is 26.6. The summed E-state index contributed by atoms with van der Waals surface area (Å²) in [5.41, 5.74) is 0. The average molecular weight is 562 g/mol. The third kappa shape index (κ3) is 28.1. The van der Waals surface area contributed by atoms with Gasteiger partial charge in [-0.15, -0.1) is 0 Å². The number of allylic oxidation sites excluding steroid dienone is 5. The second-order valence-corrected chi connectivity index (χ2v) is 11.6. The molecule has 0 fully saturated rings. The molecule has 4 heteroatoms. The van der Waals surface area contributed by atoms with Gasteiger partial charge in [-0.3, -0.25) is 4.79 Å². The molecular formula is C36H67NO3. The van der Waals surface area contributed by atoms with Crippen LogP contribution in [0.5, 0.6) is 0 Å². The van der Waals surface area contributed by atoms with E-state index in [2.05, 4.69) is 43.5 Å². The molecule has 0 aromatic rings. The van der Waals surface area contributed by atoms with Crippen molar-refractivity contribution in [3.63, 3.8) is 0 Å². The fraction of sp³-hybridized carbons (Fsp3) is 0.806. The predicted molar refractivity (Wildman–Crippen MR) is 175 cm³/mol. The molecule has 0 aliphatic heterocycles. The highest BCUT2D eigenvalue weighted by atomic mass is 16.3. The molecule has 4 nitrogen and oxygen atoms in total. The Morgan fingerprint density at radius 1 is 0.600 bits per heavy atom. The van der Waals surface area contributed by atoms with Gasteiger partial charge in [-0.2, -0.15) is 0 Å². The van der Waals surface area contributed by atoms with E-state index in [1.807, 2.05) is 6.08 Å². The Balaban J connectivity index is 3.65. The maximum absolute atomic E-state index is 12.3. The Kier molecular flexibility index (Phi) is 31.0. The molecule has 0 aliphatic rings. The van der Waals surface area contributed by atoms with E-state index in [1.165, 1.54) is 116 Å². The number of rotatable bonds is 30. The van der Waals surface area contributed by atoms with Crippen LogP contribution in [0, 0.1) is 0 Å². The molecule has 0 aromatic carbocycles. The third-order valence-electron chi connectivity index (χ3n) is 7.62. The van der Waals surface area contributed by atoms with E-state index >= 15 is 0 Å². The zero-order valence-corrected chi connectivity index (χ0v) is 26.6. The second-order valence-electron chi connectivity index (χ2n) is 11.6. The van der Waals surface area contributed by atoms with Crippen LogP contribution in [0.2, 0.25) is 0 Å². The normalized spacial score (nSPS) is 13.6. The first-order chi connectivity index (χ1) is 19.7. The highest BCUT2D eigenvalue weighted by Gasteiger charge is 2.17. The number of amides is 1. The molecule has 0 aromatic heterocycles. The van der Waals surface area contributed by atoms with Crippen molar-refractivity contribution in [3.8, 4) is 0 Å². The van der Waals surface area contributed by atoms with E-state index in [1.54, 1.807) is 6.08 Å². The van der Waals surface area contributed by atoms with E-state index in [0.29, 0.717) is 6.42 Å². The van der Waals surface area contributed by atoms with Crippen LogP contribution in [-0.2, 0) is 4.79 Å². The Morgan fingerprint density at radius 2 is 1.02 bits per heavy atom. The van der Waals surface area contributed by atoms with Crippen LogP contribution in [0.25, 0.3) is 0 Å². The maximum atomic E-state index is 12.3. The van der Waals surface area contributed by atoms with E-state index in [9.17, 15) is 15.0 Å². The van der Waals surface area contributed by atoms with Gasteiger partial charge in [-0.25, -0.2) is 0 Å². The van der Waals surface area contributed by atoms with Crippen molar-refractivity contribution in [2.24, 2.45) is 0 Å². The Labute approximate surface area is 249 Å². The number of carbonyl (C=O) groups is 1. The molecule has 0 radical (unpaired) electrons. The molecule has 0 saturated heterocycles. The van der Waals surface area contributed by atoms with Crippen molar-refractivity contribution in [1.82, 2.24) is 5.32 Å². The van der Waals surface area contributed by atoms with Gasteiger partial charge in [-0.1, -0.05) is 147 Å². The Morgan fingerprint density at radius 3 is 1.52 bits per heavy atom. The van der Waals surface area contributed by atoms with Gasteiger partial charge in [0, 0.05) is 6.42 Å². The van der Waals surface area contributed by atoms with Gasteiger partial charge in [0.15, 0.2) is 0 Å². The molecule has 1 amide bonds. The number of unbranched alkanes of at least 4 members (excludes halogenated alkanes) is 19. The van der Waals surface area contributed by atoms with Gasteiger partial charge in [0.1, 0.15) is 0 Å². The predicted octanol–water partition coefficient (Wildman–Crippen LogP) is 9.90. The molecule has 0 bridgehead atoms. The van der Waals surface area contributed by atoms with Crippen molar-refractivity contribution in [2.75, 3.05) is 6.61 Å². The van der Waals surface area contributed by atoms with Crippen molar-refractivity contribution < 1.29 is 15.0 Å². The van der Waals surface area contributed by atoms with Crippen LogP contribution in [-0.4, -0.2) is 34.9 Å². The molecule has 40 heavy (non-hydrogen) atoms. The van der Waals surface area contributed by atoms with Crippen LogP contribution in [0.4, 0.5) is 0 Å². The lowest BCUT2D eigenvalue weighted by molar-refractivity contribution is -0.123. The summed E-state index contributed by atoms with van der Waals surface area (Å²) in [6, 6.07) is -0.622. The zero-order chi connectivity index (χ0) is 29.4. The monoisotopic (exact) mass is 562 g/mol. The molecule has 2 unspecified atom stereocenters. The molecule has 0 heterocycles. The number of aliphatic hydroxyl groups excluding tert-OH is 2. The minimum absolute atomic E-state index is 0.0762. The first kappa shape index (κ1) is 38.6. The van der Waals surface area contributed by atoms with Gasteiger partial charge in [-0.05, 0) is 51.4 Å². The Bertz CT molecular complexity index is 613. The van der Waals surface area contributed by atoms with Crippen molar-refractivity contribution >= 4 is 5.91 Å². The number of hydrogen-bond donors (Lipinski definition) is 3. The van der Waals surface area contributed by atoms with Gasteiger partial charge in [0.2, 0.25) is 5.91 Å². The number of hydrogen-bond acceptors (Lipinski definition) is 3. The largest absolute Gasteiger partial charge is 0.394 e. The summed E-state index contributed by atoms with van der Waals surface area (Å²) in [7, 11) is 0. The van der Waals surface area contributed by atoms with E-state index in [4.69, 9.17) is 0 Å². The van der Waals surface area contributed by atoms with Crippen molar-refractivity contribution in [1.29, 1.82) is 0 Å². The number of carbonyl (C=O) groups excluding carboxylic acids is 1. The van der Waals surface area contributed by atoms with Gasteiger partial charge < -0.3 is 15.5 Å². The first-order valence-corrected chi connectivity index (χ1v) is 17.2. The fourth-order valence-electron chi connectivity index (χ4n) is 4.91. The van der Waals surface area contributed by atoms with Crippen LogP contribution >= 0.6 is 0 Å². The topological polar surface area (TPSA) is 69.6 Å². The maximum Gasteiger partial charge on any atom is 0.220 e. The smallest absolute Gasteiger partial charge is 0.220 e.